The molecule has 0 aliphatic carbocycles. The minimum atomic E-state index is -0.450. The van der Waals surface area contributed by atoms with Gasteiger partial charge in [0, 0.05) is 24.7 Å². The van der Waals surface area contributed by atoms with Gasteiger partial charge in [-0.15, -0.1) is 0 Å². The molecule has 2 amide bonds. The molecule has 0 aromatic heterocycles. The predicted molar refractivity (Wildman–Crippen MR) is 97.2 cm³/mol. The van der Waals surface area contributed by atoms with Crippen molar-refractivity contribution < 1.29 is 9.59 Å². The molecule has 1 unspecified atom stereocenters. The predicted octanol–water partition coefficient (Wildman–Crippen LogP) is 1.08. The van der Waals surface area contributed by atoms with Crippen LogP contribution in [0, 0.1) is 5.92 Å². The maximum absolute atomic E-state index is 12.6. The zero-order valence-corrected chi connectivity index (χ0v) is 14.9. The first-order valence-corrected chi connectivity index (χ1v) is 8.95. The molecular formula is C19H26N4O2. The number of rotatable bonds is 4. The van der Waals surface area contributed by atoms with Crippen molar-refractivity contribution in [3.63, 3.8) is 0 Å². The van der Waals surface area contributed by atoms with E-state index >= 15 is 0 Å². The molecule has 0 radical (unpaired) electrons. The van der Waals surface area contributed by atoms with Gasteiger partial charge in [0.15, 0.2) is 0 Å². The van der Waals surface area contributed by atoms with Crippen LogP contribution in [0.25, 0.3) is 0 Å². The third-order valence-corrected chi connectivity index (χ3v) is 5.20. The van der Waals surface area contributed by atoms with E-state index in [4.69, 9.17) is 5.73 Å². The molecule has 2 atom stereocenters. The Bertz CT molecular complexity index is 690. The number of hydrogen-bond acceptors (Lipinski definition) is 4. The summed E-state index contributed by atoms with van der Waals surface area (Å²) >= 11 is 0. The van der Waals surface area contributed by atoms with E-state index in [1.165, 1.54) is 0 Å². The van der Waals surface area contributed by atoms with E-state index in [0.29, 0.717) is 31.3 Å². The first-order chi connectivity index (χ1) is 12.0. The van der Waals surface area contributed by atoms with Crippen molar-refractivity contribution in [1.29, 1.82) is 0 Å². The lowest BCUT2D eigenvalue weighted by Crippen LogP contribution is -2.49. The highest BCUT2D eigenvalue weighted by Crippen LogP contribution is 2.22. The fourth-order valence-corrected chi connectivity index (χ4v) is 3.63. The second-order valence-electron chi connectivity index (χ2n) is 7.04. The molecule has 134 valence electrons. The smallest absolute Gasteiger partial charge is 0.270 e. The zero-order chi connectivity index (χ0) is 18.0. The van der Waals surface area contributed by atoms with E-state index in [0.717, 1.165) is 24.0 Å². The van der Waals surface area contributed by atoms with Gasteiger partial charge < -0.3 is 16.0 Å². The van der Waals surface area contributed by atoms with Crippen molar-refractivity contribution in [2.45, 2.75) is 45.3 Å². The van der Waals surface area contributed by atoms with Gasteiger partial charge in [0.05, 0.1) is 12.6 Å². The molecule has 0 saturated carbocycles. The minimum absolute atomic E-state index is 0.00653. The third kappa shape index (κ3) is 3.74. The maximum Gasteiger partial charge on any atom is 0.270 e. The molecule has 6 nitrogen and oxygen atoms in total. The van der Waals surface area contributed by atoms with Gasteiger partial charge in [-0.3, -0.25) is 14.6 Å². The number of aliphatic imine (C=N–C) groups is 1. The van der Waals surface area contributed by atoms with Crippen LogP contribution < -0.4 is 11.1 Å². The summed E-state index contributed by atoms with van der Waals surface area (Å²) in [5.74, 6) is 0.261. The van der Waals surface area contributed by atoms with Crippen LogP contribution in [-0.4, -0.2) is 47.6 Å². The second-order valence-corrected chi connectivity index (χ2v) is 7.04. The Labute approximate surface area is 148 Å². The van der Waals surface area contributed by atoms with Crippen molar-refractivity contribution in [2.75, 3.05) is 13.1 Å². The molecule has 3 N–H and O–H groups in total. The van der Waals surface area contributed by atoms with Crippen LogP contribution in [-0.2, 0) is 16.1 Å². The maximum atomic E-state index is 12.6. The topological polar surface area (TPSA) is 87.8 Å². The molecule has 2 heterocycles. The SMILES string of the molecule is CC(NC(=O)C1=NCc2ccccc21)C1CCN(C(=O)[C@H](C)N)CC1. The molecule has 1 saturated heterocycles. The average Bonchev–Trinajstić information content (AvgIpc) is 3.05. The quantitative estimate of drug-likeness (QED) is 0.858. The number of likely N-dealkylation sites (tertiary alicyclic amines) is 1. The van der Waals surface area contributed by atoms with Crippen LogP contribution in [0.15, 0.2) is 29.3 Å². The Hall–Kier alpha value is -2.21. The van der Waals surface area contributed by atoms with E-state index in [9.17, 15) is 9.59 Å². The molecule has 6 heteroatoms. The number of benzene rings is 1. The highest BCUT2D eigenvalue weighted by atomic mass is 16.2. The van der Waals surface area contributed by atoms with Gasteiger partial charge in [0.25, 0.3) is 5.91 Å². The van der Waals surface area contributed by atoms with Crippen LogP contribution in [0.3, 0.4) is 0 Å². The summed E-state index contributed by atoms with van der Waals surface area (Å²) in [5.41, 5.74) is 8.24. The van der Waals surface area contributed by atoms with Gasteiger partial charge in [0.1, 0.15) is 5.71 Å². The Morgan fingerprint density at radius 1 is 1.24 bits per heavy atom. The molecule has 0 spiro atoms. The molecular weight excluding hydrogens is 316 g/mol. The summed E-state index contributed by atoms with van der Waals surface area (Å²) in [6.07, 6.45) is 1.76. The minimum Gasteiger partial charge on any atom is -0.348 e. The first kappa shape index (κ1) is 17.6. The highest BCUT2D eigenvalue weighted by molar-refractivity contribution is 6.46. The number of nitrogens with two attached hydrogens (primary N) is 1. The zero-order valence-electron chi connectivity index (χ0n) is 14.9. The van der Waals surface area contributed by atoms with Gasteiger partial charge in [-0.05, 0) is 38.2 Å². The Morgan fingerprint density at radius 2 is 1.92 bits per heavy atom. The fraction of sp³-hybridized carbons (Fsp3) is 0.526. The largest absolute Gasteiger partial charge is 0.348 e. The van der Waals surface area contributed by atoms with Crippen LogP contribution in [0.5, 0.6) is 0 Å². The fourth-order valence-electron chi connectivity index (χ4n) is 3.63. The first-order valence-electron chi connectivity index (χ1n) is 8.95. The van der Waals surface area contributed by atoms with Gasteiger partial charge >= 0.3 is 0 Å². The molecule has 25 heavy (non-hydrogen) atoms. The Balaban J connectivity index is 1.54. The van der Waals surface area contributed by atoms with Crippen LogP contribution in [0.1, 0.15) is 37.8 Å². The van der Waals surface area contributed by atoms with Crippen molar-refractivity contribution in [3.05, 3.63) is 35.4 Å². The van der Waals surface area contributed by atoms with Crippen LogP contribution in [0.2, 0.25) is 0 Å². The molecule has 0 bridgehead atoms. The number of fused-ring (bicyclic) bond motifs is 1. The number of piperidine rings is 1. The monoisotopic (exact) mass is 342 g/mol. The normalized spacial score (nSPS) is 19.8. The Morgan fingerprint density at radius 3 is 2.60 bits per heavy atom. The molecule has 1 fully saturated rings. The van der Waals surface area contributed by atoms with Crippen molar-refractivity contribution in [3.8, 4) is 0 Å². The third-order valence-electron chi connectivity index (χ3n) is 5.20. The van der Waals surface area contributed by atoms with Crippen LogP contribution >= 0.6 is 0 Å². The Kier molecular flexibility index (Phi) is 5.18. The summed E-state index contributed by atoms with van der Waals surface area (Å²) in [7, 11) is 0. The lowest BCUT2D eigenvalue weighted by Gasteiger charge is -2.35. The van der Waals surface area contributed by atoms with E-state index in [1.54, 1.807) is 6.92 Å². The lowest BCUT2D eigenvalue weighted by molar-refractivity contribution is -0.133. The standard InChI is InChI=1S/C19H26N4O2/c1-12(20)19(25)23-9-7-14(8-10-23)13(2)22-18(24)17-16-6-4-3-5-15(16)11-21-17/h3-6,12-14H,7-11,20H2,1-2H3,(H,22,24)/t12-,13?/m0/s1. The van der Waals surface area contributed by atoms with Crippen molar-refractivity contribution in [1.82, 2.24) is 10.2 Å². The summed E-state index contributed by atoms with van der Waals surface area (Å²) in [4.78, 5) is 30.8. The molecule has 2 aliphatic heterocycles. The summed E-state index contributed by atoms with van der Waals surface area (Å²) < 4.78 is 0. The van der Waals surface area contributed by atoms with Crippen molar-refractivity contribution in [2.24, 2.45) is 16.6 Å². The van der Waals surface area contributed by atoms with E-state index in [2.05, 4.69) is 10.3 Å². The number of carbonyl (C=O) groups excluding carboxylic acids is 2. The average molecular weight is 342 g/mol. The van der Waals surface area contributed by atoms with Gasteiger partial charge in [-0.2, -0.15) is 0 Å². The molecule has 1 aromatic rings. The van der Waals surface area contributed by atoms with Gasteiger partial charge in [0.2, 0.25) is 5.91 Å². The lowest BCUT2D eigenvalue weighted by atomic mass is 9.90. The van der Waals surface area contributed by atoms with E-state index in [-0.39, 0.29) is 17.9 Å². The number of amides is 2. The molecule has 3 rings (SSSR count). The van der Waals surface area contributed by atoms with E-state index < -0.39 is 6.04 Å². The summed E-state index contributed by atoms with van der Waals surface area (Å²) in [5, 5.41) is 3.10. The number of carbonyl (C=O) groups is 2. The van der Waals surface area contributed by atoms with E-state index in [1.807, 2.05) is 36.1 Å². The number of nitrogens with one attached hydrogen (secondary N) is 1. The number of hydrogen-bond donors (Lipinski definition) is 2. The highest BCUT2D eigenvalue weighted by Gasteiger charge is 2.30. The second kappa shape index (κ2) is 7.35. The summed E-state index contributed by atoms with van der Waals surface area (Å²) in [6.45, 7) is 5.74. The molecule has 1 aromatic carbocycles. The van der Waals surface area contributed by atoms with Gasteiger partial charge in [-0.1, -0.05) is 24.3 Å². The van der Waals surface area contributed by atoms with Crippen LogP contribution in [0.4, 0.5) is 0 Å². The summed E-state index contributed by atoms with van der Waals surface area (Å²) in [6, 6.07) is 7.46. The van der Waals surface area contributed by atoms with Crippen molar-refractivity contribution >= 4 is 17.5 Å². The molecule has 2 aliphatic rings. The number of nitrogens with zero attached hydrogens (tertiary/aromatic N) is 2. The van der Waals surface area contributed by atoms with Gasteiger partial charge in [-0.25, -0.2) is 0 Å².